The number of benzene rings is 2. The van der Waals surface area contributed by atoms with E-state index in [0.717, 1.165) is 11.1 Å². The van der Waals surface area contributed by atoms with Crippen LogP contribution < -0.4 is 5.32 Å². The van der Waals surface area contributed by atoms with Crippen LogP contribution in [0, 0.1) is 0 Å². The summed E-state index contributed by atoms with van der Waals surface area (Å²) in [5, 5.41) is 16.1. The second-order valence-electron chi connectivity index (χ2n) is 6.31. The van der Waals surface area contributed by atoms with Crippen LogP contribution in [0.2, 0.25) is 0 Å². The topological polar surface area (TPSA) is 93.5 Å². The molecule has 0 unspecified atom stereocenters. The Bertz CT molecular complexity index is 910. The van der Waals surface area contributed by atoms with Gasteiger partial charge in [-0.15, -0.1) is 0 Å². The van der Waals surface area contributed by atoms with Crippen LogP contribution in [0.4, 0.5) is 4.79 Å². The molecule has 28 heavy (non-hydrogen) atoms. The summed E-state index contributed by atoms with van der Waals surface area (Å²) < 4.78 is 6.90. The number of carbonyl (C=O) groups is 2. The molecule has 0 fully saturated rings. The molecule has 0 aliphatic carbocycles. The minimum absolute atomic E-state index is 0.111. The molecule has 2 aromatic carbocycles. The van der Waals surface area contributed by atoms with Gasteiger partial charge in [-0.1, -0.05) is 60.7 Å². The zero-order valence-electron chi connectivity index (χ0n) is 15.2. The molecule has 0 saturated carbocycles. The Morgan fingerprint density at radius 1 is 1.04 bits per heavy atom. The maximum Gasteiger partial charge on any atom is 0.407 e. The van der Waals surface area contributed by atoms with E-state index in [1.54, 1.807) is 17.1 Å². The molecule has 3 aromatic rings. The molecule has 0 saturated heterocycles. The van der Waals surface area contributed by atoms with Gasteiger partial charge >= 0.3 is 12.1 Å². The number of nitrogens with zero attached hydrogens (tertiary/aromatic N) is 2. The first-order valence-electron chi connectivity index (χ1n) is 8.85. The van der Waals surface area contributed by atoms with E-state index < -0.39 is 18.1 Å². The zero-order valence-corrected chi connectivity index (χ0v) is 15.2. The Kier molecular flexibility index (Phi) is 6.41. The molecule has 0 aliphatic heterocycles. The fourth-order valence-corrected chi connectivity index (χ4v) is 2.75. The van der Waals surface area contributed by atoms with E-state index in [1.165, 1.54) is 0 Å². The molecule has 7 heteroatoms. The molecule has 0 spiro atoms. The Morgan fingerprint density at radius 2 is 1.68 bits per heavy atom. The van der Waals surface area contributed by atoms with Crippen LogP contribution >= 0.6 is 0 Å². The fourth-order valence-electron chi connectivity index (χ4n) is 2.75. The highest BCUT2D eigenvalue weighted by Crippen LogP contribution is 2.17. The van der Waals surface area contributed by atoms with Crippen LogP contribution in [0.5, 0.6) is 0 Å². The number of amides is 1. The van der Waals surface area contributed by atoms with Gasteiger partial charge in [0.2, 0.25) is 0 Å². The van der Waals surface area contributed by atoms with Crippen molar-refractivity contribution in [2.24, 2.45) is 0 Å². The predicted molar refractivity (Wildman–Crippen MR) is 103 cm³/mol. The number of nitrogens with one attached hydrogen (secondary N) is 1. The van der Waals surface area contributed by atoms with E-state index in [4.69, 9.17) is 4.74 Å². The predicted octanol–water partition coefficient (Wildman–Crippen LogP) is 3.37. The van der Waals surface area contributed by atoms with Crippen molar-refractivity contribution in [2.45, 2.75) is 25.6 Å². The third-order valence-electron chi connectivity index (χ3n) is 4.13. The normalized spacial score (nSPS) is 11.6. The number of alkyl carbamates (subject to hydrolysis) is 1. The first kappa shape index (κ1) is 19.2. The van der Waals surface area contributed by atoms with Crippen LogP contribution in [0.25, 0.3) is 0 Å². The lowest BCUT2D eigenvalue weighted by Crippen LogP contribution is -2.30. The molecular formula is C21H21N3O4. The van der Waals surface area contributed by atoms with E-state index in [0.29, 0.717) is 12.1 Å². The average Bonchev–Trinajstić information content (AvgIpc) is 3.16. The first-order valence-corrected chi connectivity index (χ1v) is 8.85. The van der Waals surface area contributed by atoms with E-state index in [2.05, 4.69) is 10.4 Å². The third-order valence-corrected chi connectivity index (χ3v) is 4.13. The number of carboxylic acids is 1. The molecule has 0 aliphatic rings. The second-order valence-corrected chi connectivity index (χ2v) is 6.31. The lowest BCUT2D eigenvalue weighted by molar-refractivity contribution is -0.137. The minimum Gasteiger partial charge on any atom is -0.481 e. The summed E-state index contributed by atoms with van der Waals surface area (Å²) in [6, 6.07) is 18.3. The molecule has 144 valence electrons. The van der Waals surface area contributed by atoms with E-state index in [9.17, 15) is 14.7 Å². The summed E-state index contributed by atoms with van der Waals surface area (Å²) in [5.41, 5.74) is 2.53. The fraction of sp³-hybridized carbons (Fsp3) is 0.190. The van der Waals surface area contributed by atoms with E-state index >= 15 is 0 Å². The highest BCUT2D eigenvalue weighted by atomic mass is 16.5. The van der Waals surface area contributed by atoms with Gasteiger partial charge in [0.1, 0.15) is 6.61 Å². The summed E-state index contributed by atoms with van der Waals surface area (Å²) in [6.07, 6.45) is 2.36. The Labute approximate surface area is 162 Å². The van der Waals surface area contributed by atoms with Crippen LogP contribution in [0.1, 0.15) is 29.2 Å². The van der Waals surface area contributed by atoms with Gasteiger partial charge in [0.25, 0.3) is 0 Å². The monoisotopic (exact) mass is 379 g/mol. The van der Waals surface area contributed by atoms with Crippen LogP contribution in [0.15, 0.2) is 73.1 Å². The molecule has 0 radical (unpaired) electrons. The number of hydrogen-bond acceptors (Lipinski definition) is 4. The molecule has 2 N–H and O–H groups in total. The number of rotatable bonds is 8. The summed E-state index contributed by atoms with van der Waals surface area (Å²) in [5.74, 6) is -1.02. The second kappa shape index (κ2) is 9.36. The quantitative estimate of drug-likeness (QED) is 0.626. The molecular weight excluding hydrogens is 358 g/mol. The van der Waals surface area contributed by atoms with Crippen molar-refractivity contribution in [1.82, 2.24) is 15.1 Å². The highest BCUT2D eigenvalue weighted by molar-refractivity contribution is 5.71. The van der Waals surface area contributed by atoms with Gasteiger partial charge in [0, 0.05) is 11.8 Å². The first-order chi connectivity index (χ1) is 13.6. The number of carbonyl (C=O) groups excluding carboxylic acids is 1. The largest absolute Gasteiger partial charge is 0.481 e. The summed E-state index contributed by atoms with van der Waals surface area (Å²) in [7, 11) is 0. The zero-order chi connectivity index (χ0) is 19.8. The van der Waals surface area contributed by atoms with Crippen molar-refractivity contribution in [3.05, 3.63) is 89.7 Å². The van der Waals surface area contributed by atoms with E-state index in [1.807, 2.05) is 60.7 Å². The minimum atomic E-state index is -1.02. The van der Waals surface area contributed by atoms with Crippen molar-refractivity contribution in [3.63, 3.8) is 0 Å². The number of hydrogen-bond donors (Lipinski definition) is 2. The molecule has 7 nitrogen and oxygen atoms in total. The Balaban J connectivity index is 1.63. The van der Waals surface area contributed by atoms with Gasteiger partial charge in [0.15, 0.2) is 0 Å². The highest BCUT2D eigenvalue weighted by Gasteiger charge is 2.20. The maximum absolute atomic E-state index is 12.1. The SMILES string of the molecule is O=C(O)C[C@H](NC(=O)OCc1ccccc1)c1cnn(Cc2ccccc2)c1. The Hall–Kier alpha value is -3.61. The van der Waals surface area contributed by atoms with Crippen molar-refractivity contribution in [1.29, 1.82) is 0 Å². The molecule has 1 atom stereocenters. The molecule has 3 rings (SSSR count). The van der Waals surface area contributed by atoms with Gasteiger partial charge in [-0.25, -0.2) is 4.79 Å². The maximum atomic E-state index is 12.1. The molecule has 1 amide bonds. The van der Waals surface area contributed by atoms with Crippen molar-refractivity contribution in [2.75, 3.05) is 0 Å². The number of ether oxygens (including phenoxy) is 1. The number of aromatic nitrogens is 2. The van der Waals surface area contributed by atoms with Crippen LogP contribution in [-0.2, 0) is 22.7 Å². The van der Waals surface area contributed by atoms with Gasteiger partial charge in [0.05, 0.1) is 25.2 Å². The van der Waals surface area contributed by atoms with Crippen LogP contribution in [0.3, 0.4) is 0 Å². The third kappa shape index (κ3) is 5.70. The van der Waals surface area contributed by atoms with Crippen molar-refractivity contribution in [3.8, 4) is 0 Å². The van der Waals surface area contributed by atoms with Crippen molar-refractivity contribution >= 4 is 12.1 Å². The standard InChI is InChI=1S/C21H21N3O4/c25-20(26)11-19(23-21(27)28-15-17-9-5-2-6-10-17)18-12-22-24(14-18)13-16-7-3-1-4-8-16/h1-10,12,14,19H,11,13,15H2,(H,23,27)(H,25,26)/t19-/m0/s1. The smallest absolute Gasteiger partial charge is 0.407 e. The number of carboxylic acid groups (broad SMARTS) is 1. The van der Waals surface area contributed by atoms with Gasteiger partial charge in [-0.05, 0) is 11.1 Å². The molecule has 0 bridgehead atoms. The van der Waals surface area contributed by atoms with E-state index in [-0.39, 0.29) is 13.0 Å². The molecule has 1 aromatic heterocycles. The lowest BCUT2D eigenvalue weighted by Gasteiger charge is -2.15. The van der Waals surface area contributed by atoms with Gasteiger partial charge in [-0.2, -0.15) is 5.10 Å². The van der Waals surface area contributed by atoms with Gasteiger partial charge < -0.3 is 15.2 Å². The summed E-state index contributed by atoms with van der Waals surface area (Å²) in [6.45, 7) is 0.665. The summed E-state index contributed by atoms with van der Waals surface area (Å²) in [4.78, 5) is 23.3. The van der Waals surface area contributed by atoms with Crippen molar-refractivity contribution < 1.29 is 19.4 Å². The molecule has 1 heterocycles. The lowest BCUT2D eigenvalue weighted by atomic mass is 10.1. The van der Waals surface area contributed by atoms with Crippen LogP contribution in [-0.4, -0.2) is 26.9 Å². The summed E-state index contributed by atoms with van der Waals surface area (Å²) >= 11 is 0. The Morgan fingerprint density at radius 3 is 2.32 bits per heavy atom. The number of aliphatic carboxylic acids is 1. The van der Waals surface area contributed by atoms with Gasteiger partial charge in [-0.3, -0.25) is 9.48 Å². The average molecular weight is 379 g/mol.